The summed E-state index contributed by atoms with van der Waals surface area (Å²) in [6.07, 6.45) is -2.32. The van der Waals surface area contributed by atoms with Gasteiger partial charge >= 0.3 is 6.18 Å². The zero-order chi connectivity index (χ0) is 17.2. The van der Waals surface area contributed by atoms with Crippen LogP contribution in [0, 0.1) is 0 Å². The van der Waals surface area contributed by atoms with Gasteiger partial charge in [0.25, 0.3) is 0 Å². The Labute approximate surface area is 139 Å². The predicted octanol–water partition coefficient (Wildman–Crippen LogP) is 4.22. The number of thioether (sulfide) groups is 1. The molecule has 4 nitrogen and oxygen atoms in total. The Kier molecular flexibility index (Phi) is 4.39. The normalized spacial score (nSPS) is 11.5. The molecular weight excluding hydrogens is 339 g/mol. The van der Waals surface area contributed by atoms with Crippen molar-refractivity contribution >= 4 is 16.9 Å². The number of aromatic nitrogens is 3. The molecule has 3 aromatic rings. The van der Waals surface area contributed by atoms with Crippen LogP contribution in [-0.4, -0.2) is 19.9 Å². The third-order valence-electron chi connectivity index (χ3n) is 3.09. The molecule has 0 atom stereocenters. The number of halogens is 3. The minimum atomic E-state index is -4.72. The van der Waals surface area contributed by atoms with Crippen LogP contribution in [0.2, 0.25) is 0 Å². The van der Waals surface area contributed by atoms with Gasteiger partial charge in [0.2, 0.25) is 5.12 Å². The second kappa shape index (κ2) is 6.48. The monoisotopic (exact) mass is 349 g/mol. The summed E-state index contributed by atoms with van der Waals surface area (Å²) in [5, 5.41) is 3.32. The summed E-state index contributed by atoms with van der Waals surface area (Å²) in [5.74, 6) is 0. The minimum absolute atomic E-state index is 0.228. The minimum Gasteiger partial charge on any atom is -0.281 e. The van der Waals surface area contributed by atoms with Gasteiger partial charge in [0.05, 0.1) is 17.4 Å². The number of rotatable bonds is 3. The maximum Gasteiger partial charge on any atom is 0.434 e. The molecule has 0 radical (unpaired) electrons. The number of para-hydroxylation sites is 1. The van der Waals surface area contributed by atoms with Crippen LogP contribution >= 0.6 is 11.8 Å². The molecule has 24 heavy (non-hydrogen) atoms. The number of hydrogen-bond acceptors (Lipinski definition) is 4. The molecular formula is C16H10F3N3OS. The van der Waals surface area contributed by atoms with Crippen LogP contribution in [0.4, 0.5) is 13.2 Å². The number of carbonyl (C=O) groups is 1. The zero-order valence-corrected chi connectivity index (χ0v) is 12.9. The van der Waals surface area contributed by atoms with Crippen molar-refractivity contribution in [2.24, 2.45) is 0 Å². The highest BCUT2D eigenvalue weighted by molar-refractivity contribution is 8.14. The van der Waals surface area contributed by atoms with Gasteiger partial charge in [0.1, 0.15) is 5.03 Å². The predicted molar refractivity (Wildman–Crippen MR) is 83.0 cm³/mol. The summed E-state index contributed by atoms with van der Waals surface area (Å²) < 4.78 is 41.2. The van der Waals surface area contributed by atoms with E-state index in [-0.39, 0.29) is 5.69 Å². The molecule has 0 saturated heterocycles. The molecule has 0 aliphatic carbocycles. The Morgan fingerprint density at radius 3 is 2.38 bits per heavy atom. The first-order valence-corrected chi connectivity index (χ1v) is 7.62. The largest absolute Gasteiger partial charge is 0.434 e. The van der Waals surface area contributed by atoms with Gasteiger partial charge in [-0.25, -0.2) is 9.67 Å². The van der Waals surface area contributed by atoms with Crippen LogP contribution in [0.25, 0.3) is 5.69 Å². The molecule has 0 unspecified atom stereocenters. The van der Waals surface area contributed by atoms with Gasteiger partial charge in [0, 0.05) is 6.20 Å². The Morgan fingerprint density at radius 2 is 1.75 bits per heavy atom. The van der Waals surface area contributed by atoms with Crippen LogP contribution < -0.4 is 0 Å². The molecule has 2 aromatic heterocycles. The van der Waals surface area contributed by atoms with Gasteiger partial charge in [-0.05, 0) is 36.0 Å². The Hall–Kier alpha value is -2.61. The Bertz CT molecular complexity index is 848. The highest BCUT2D eigenvalue weighted by Crippen LogP contribution is 2.35. The summed E-state index contributed by atoms with van der Waals surface area (Å²) in [6, 6.07) is 12.7. The van der Waals surface area contributed by atoms with Gasteiger partial charge < -0.3 is 0 Å². The summed E-state index contributed by atoms with van der Waals surface area (Å²) in [7, 11) is 0. The van der Waals surface area contributed by atoms with Crippen LogP contribution in [0.1, 0.15) is 16.1 Å². The number of benzene rings is 1. The second-order valence-corrected chi connectivity index (χ2v) is 5.70. The van der Waals surface area contributed by atoms with E-state index in [1.807, 2.05) is 0 Å². The van der Waals surface area contributed by atoms with Crippen molar-refractivity contribution in [2.75, 3.05) is 0 Å². The van der Waals surface area contributed by atoms with Crippen LogP contribution in [0.3, 0.4) is 0 Å². The maximum atomic E-state index is 13.5. The number of alkyl halides is 3. The molecule has 8 heteroatoms. The molecule has 0 amide bonds. The molecule has 0 aliphatic heterocycles. The van der Waals surface area contributed by atoms with E-state index in [1.54, 1.807) is 36.4 Å². The molecule has 0 bridgehead atoms. The first kappa shape index (κ1) is 16.3. The SMILES string of the molecule is O=C(Sc1ccccn1)c1cnn(-c2ccccc2)c1C(F)(F)F. The topological polar surface area (TPSA) is 47.8 Å². The van der Waals surface area contributed by atoms with E-state index in [9.17, 15) is 18.0 Å². The lowest BCUT2D eigenvalue weighted by Gasteiger charge is -2.12. The van der Waals surface area contributed by atoms with Crippen LogP contribution in [0.5, 0.6) is 0 Å². The zero-order valence-electron chi connectivity index (χ0n) is 12.1. The molecule has 0 aliphatic rings. The van der Waals surface area contributed by atoms with Crippen molar-refractivity contribution in [3.8, 4) is 5.69 Å². The number of pyridine rings is 1. The highest BCUT2D eigenvalue weighted by Gasteiger charge is 2.40. The van der Waals surface area contributed by atoms with E-state index in [4.69, 9.17) is 0 Å². The Morgan fingerprint density at radius 1 is 1.04 bits per heavy atom. The lowest BCUT2D eigenvalue weighted by molar-refractivity contribution is -0.143. The summed E-state index contributed by atoms with van der Waals surface area (Å²) in [4.78, 5) is 16.2. The molecule has 3 rings (SSSR count). The first-order valence-electron chi connectivity index (χ1n) is 6.80. The average Bonchev–Trinajstić information content (AvgIpc) is 3.02. The van der Waals surface area contributed by atoms with E-state index in [1.165, 1.54) is 18.3 Å². The molecule has 0 spiro atoms. The van der Waals surface area contributed by atoms with Crippen molar-refractivity contribution < 1.29 is 18.0 Å². The van der Waals surface area contributed by atoms with E-state index < -0.39 is 22.5 Å². The molecule has 122 valence electrons. The fourth-order valence-corrected chi connectivity index (χ4v) is 2.80. The van der Waals surface area contributed by atoms with Crippen molar-refractivity contribution in [3.05, 3.63) is 72.2 Å². The summed E-state index contributed by atoms with van der Waals surface area (Å²) in [5.41, 5.74) is -1.36. The van der Waals surface area contributed by atoms with Gasteiger partial charge in [-0.1, -0.05) is 24.3 Å². The maximum absolute atomic E-state index is 13.5. The second-order valence-electron chi connectivity index (χ2n) is 4.71. The summed E-state index contributed by atoms with van der Waals surface area (Å²) in [6.45, 7) is 0. The lowest BCUT2D eigenvalue weighted by atomic mass is 10.2. The molecule has 2 heterocycles. The van der Waals surface area contributed by atoms with Gasteiger partial charge in [-0.3, -0.25) is 4.79 Å². The lowest BCUT2D eigenvalue weighted by Crippen LogP contribution is -2.16. The van der Waals surface area contributed by atoms with E-state index in [0.717, 1.165) is 10.9 Å². The average molecular weight is 349 g/mol. The standard InChI is InChI=1S/C16H10F3N3OS/c17-16(18,19)14-12(15(23)24-13-8-4-5-9-20-13)10-21-22(14)11-6-2-1-3-7-11/h1-10H. The van der Waals surface area contributed by atoms with Gasteiger partial charge in [0.15, 0.2) is 5.69 Å². The van der Waals surface area contributed by atoms with Crippen molar-refractivity contribution in [1.82, 2.24) is 14.8 Å². The van der Waals surface area contributed by atoms with Crippen LogP contribution in [0.15, 0.2) is 66.0 Å². The van der Waals surface area contributed by atoms with Crippen molar-refractivity contribution in [1.29, 1.82) is 0 Å². The Balaban J connectivity index is 2.03. The molecule has 1 aromatic carbocycles. The van der Waals surface area contributed by atoms with Gasteiger partial charge in [-0.2, -0.15) is 18.3 Å². The quantitative estimate of drug-likeness (QED) is 0.664. The van der Waals surface area contributed by atoms with E-state index in [2.05, 4.69) is 10.1 Å². The van der Waals surface area contributed by atoms with Gasteiger partial charge in [-0.15, -0.1) is 0 Å². The van der Waals surface area contributed by atoms with E-state index >= 15 is 0 Å². The van der Waals surface area contributed by atoms with Crippen molar-refractivity contribution in [2.45, 2.75) is 11.2 Å². The fourth-order valence-electron chi connectivity index (χ4n) is 2.09. The molecule has 0 N–H and O–H groups in total. The number of carbonyl (C=O) groups excluding carboxylic acids is 1. The third-order valence-corrected chi connectivity index (χ3v) is 3.95. The first-order chi connectivity index (χ1) is 11.5. The van der Waals surface area contributed by atoms with E-state index in [0.29, 0.717) is 16.8 Å². The van der Waals surface area contributed by atoms with Crippen molar-refractivity contribution in [3.63, 3.8) is 0 Å². The third kappa shape index (κ3) is 3.33. The summed E-state index contributed by atoms with van der Waals surface area (Å²) >= 11 is 0.632. The number of nitrogens with zero attached hydrogens (tertiary/aromatic N) is 3. The molecule has 0 saturated carbocycles. The molecule has 0 fully saturated rings. The number of hydrogen-bond donors (Lipinski definition) is 0. The van der Waals surface area contributed by atoms with Crippen LogP contribution in [-0.2, 0) is 6.18 Å². The fraction of sp³-hybridized carbons (Fsp3) is 0.0625. The smallest absolute Gasteiger partial charge is 0.281 e. The highest BCUT2D eigenvalue weighted by atomic mass is 32.2.